The Morgan fingerprint density at radius 2 is 2.00 bits per heavy atom. The molecule has 16 heavy (non-hydrogen) atoms. The molecule has 3 heteroatoms. The average Bonchev–Trinajstić information content (AvgIpc) is 2.33. The van der Waals surface area contributed by atoms with Gasteiger partial charge in [-0.2, -0.15) is 0 Å². The monoisotopic (exact) mass is 223 g/mol. The standard InChI is InChI=1S/C13H21NO2/c1-5-13(6-2,16-4)12(15)11-8-7-10(3)14-9-11/h7-9,12,15H,5-6H2,1-4H3. The Morgan fingerprint density at radius 3 is 2.38 bits per heavy atom. The van der Waals surface area contributed by atoms with Crippen LogP contribution in [0.2, 0.25) is 0 Å². The first-order valence-corrected chi connectivity index (χ1v) is 5.75. The molecule has 1 atom stereocenters. The van der Waals surface area contributed by atoms with E-state index in [2.05, 4.69) is 4.98 Å². The van der Waals surface area contributed by atoms with Gasteiger partial charge >= 0.3 is 0 Å². The Labute approximate surface area is 97.5 Å². The largest absolute Gasteiger partial charge is 0.385 e. The van der Waals surface area contributed by atoms with Crippen LogP contribution in [0.25, 0.3) is 0 Å². The zero-order chi connectivity index (χ0) is 12.2. The lowest BCUT2D eigenvalue weighted by atomic mass is 9.86. The summed E-state index contributed by atoms with van der Waals surface area (Å²) < 4.78 is 5.50. The predicted octanol–water partition coefficient (Wildman–Crippen LogP) is 2.63. The SMILES string of the molecule is CCC(CC)(OC)C(O)c1ccc(C)nc1. The number of nitrogens with zero attached hydrogens (tertiary/aromatic N) is 1. The number of ether oxygens (including phenoxy) is 1. The molecule has 0 aromatic carbocycles. The zero-order valence-electron chi connectivity index (χ0n) is 10.5. The molecular formula is C13H21NO2. The molecule has 1 unspecified atom stereocenters. The number of aryl methyl sites for hydroxylation is 1. The van der Waals surface area contributed by atoms with Gasteiger partial charge in [-0.1, -0.05) is 19.9 Å². The maximum absolute atomic E-state index is 10.4. The molecule has 0 saturated carbocycles. The Bertz CT molecular complexity index is 309. The second-order valence-electron chi connectivity index (χ2n) is 4.11. The summed E-state index contributed by atoms with van der Waals surface area (Å²) >= 11 is 0. The minimum absolute atomic E-state index is 0.503. The van der Waals surface area contributed by atoms with Crippen LogP contribution in [0, 0.1) is 6.92 Å². The van der Waals surface area contributed by atoms with E-state index < -0.39 is 11.7 Å². The minimum Gasteiger partial charge on any atom is -0.385 e. The van der Waals surface area contributed by atoms with Gasteiger partial charge in [0, 0.05) is 24.6 Å². The molecule has 1 aromatic rings. The molecule has 1 heterocycles. The van der Waals surface area contributed by atoms with E-state index in [0.29, 0.717) is 0 Å². The number of pyridine rings is 1. The summed E-state index contributed by atoms with van der Waals surface area (Å²) in [4.78, 5) is 4.20. The molecule has 0 aliphatic carbocycles. The molecule has 0 aliphatic heterocycles. The van der Waals surface area contributed by atoms with Crippen LogP contribution in [0.1, 0.15) is 44.1 Å². The van der Waals surface area contributed by atoms with Gasteiger partial charge in [-0.3, -0.25) is 4.98 Å². The maximum atomic E-state index is 10.4. The summed E-state index contributed by atoms with van der Waals surface area (Å²) in [7, 11) is 1.65. The number of aliphatic hydroxyl groups is 1. The number of aromatic nitrogens is 1. The van der Waals surface area contributed by atoms with Gasteiger partial charge in [0.2, 0.25) is 0 Å². The fraction of sp³-hybridized carbons (Fsp3) is 0.615. The van der Waals surface area contributed by atoms with Crippen molar-refractivity contribution in [2.45, 2.75) is 45.3 Å². The van der Waals surface area contributed by atoms with Crippen molar-refractivity contribution in [1.29, 1.82) is 0 Å². The molecule has 0 bridgehead atoms. The molecule has 0 radical (unpaired) electrons. The van der Waals surface area contributed by atoms with E-state index in [1.54, 1.807) is 13.3 Å². The topological polar surface area (TPSA) is 42.4 Å². The van der Waals surface area contributed by atoms with Crippen LogP contribution < -0.4 is 0 Å². The highest BCUT2D eigenvalue weighted by Gasteiger charge is 2.35. The van der Waals surface area contributed by atoms with Gasteiger partial charge in [-0.05, 0) is 25.8 Å². The molecule has 1 N–H and O–H groups in total. The van der Waals surface area contributed by atoms with E-state index in [1.807, 2.05) is 32.9 Å². The van der Waals surface area contributed by atoms with Crippen molar-refractivity contribution in [2.24, 2.45) is 0 Å². The Morgan fingerprint density at radius 1 is 1.38 bits per heavy atom. The van der Waals surface area contributed by atoms with Crippen LogP contribution in [0.4, 0.5) is 0 Å². The zero-order valence-corrected chi connectivity index (χ0v) is 10.5. The summed E-state index contributed by atoms with van der Waals surface area (Å²) in [6, 6.07) is 3.82. The highest BCUT2D eigenvalue weighted by atomic mass is 16.5. The van der Waals surface area contributed by atoms with E-state index in [0.717, 1.165) is 24.1 Å². The summed E-state index contributed by atoms with van der Waals surface area (Å²) in [6.07, 6.45) is 2.64. The summed E-state index contributed by atoms with van der Waals surface area (Å²) in [6.45, 7) is 5.98. The lowest BCUT2D eigenvalue weighted by Gasteiger charge is -2.35. The second kappa shape index (κ2) is 5.41. The van der Waals surface area contributed by atoms with E-state index in [1.165, 1.54) is 0 Å². The fourth-order valence-electron chi connectivity index (χ4n) is 1.98. The molecule has 90 valence electrons. The number of aliphatic hydroxyl groups excluding tert-OH is 1. The fourth-order valence-corrected chi connectivity index (χ4v) is 1.98. The van der Waals surface area contributed by atoms with Crippen molar-refractivity contribution in [3.63, 3.8) is 0 Å². The first-order valence-electron chi connectivity index (χ1n) is 5.75. The van der Waals surface area contributed by atoms with Crippen molar-refractivity contribution in [2.75, 3.05) is 7.11 Å². The van der Waals surface area contributed by atoms with Crippen LogP contribution in [0.5, 0.6) is 0 Å². The van der Waals surface area contributed by atoms with E-state index in [9.17, 15) is 5.11 Å². The minimum atomic E-state index is -0.624. The Kier molecular flexibility index (Phi) is 4.44. The first-order chi connectivity index (χ1) is 7.59. The third-order valence-electron chi connectivity index (χ3n) is 3.35. The summed E-state index contributed by atoms with van der Waals surface area (Å²) in [5.74, 6) is 0. The number of methoxy groups -OCH3 is 1. The van der Waals surface area contributed by atoms with Gasteiger partial charge in [0.25, 0.3) is 0 Å². The number of hydrogen-bond donors (Lipinski definition) is 1. The van der Waals surface area contributed by atoms with E-state index >= 15 is 0 Å². The quantitative estimate of drug-likeness (QED) is 0.834. The van der Waals surface area contributed by atoms with Gasteiger partial charge in [0.05, 0.1) is 5.60 Å². The van der Waals surface area contributed by atoms with Crippen molar-refractivity contribution in [3.8, 4) is 0 Å². The molecular weight excluding hydrogens is 202 g/mol. The molecule has 1 rings (SSSR count). The number of hydrogen-bond acceptors (Lipinski definition) is 3. The van der Waals surface area contributed by atoms with Crippen molar-refractivity contribution in [1.82, 2.24) is 4.98 Å². The molecule has 3 nitrogen and oxygen atoms in total. The predicted molar refractivity (Wildman–Crippen MR) is 64.3 cm³/mol. The average molecular weight is 223 g/mol. The molecule has 0 saturated heterocycles. The van der Waals surface area contributed by atoms with E-state index in [4.69, 9.17) is 4.74 Å². The third kappa shape index (κ3) is 2.42. The van der Waals surface area contributed by atoms with Gasteiger partial charge in [0.1, 0.15) is 6.10 Å². The molecule has 1 aromatic heterocycles. The molecule has 0 spiro atoms. The molecule has 0 aliphatic rings. The second-order valence-corrected chi connectivity index (χ2v) is 4.11. The third-order valence-corrected chi connectivity index (χ3v) is 3.35. The van der Waals surface area contributed by atoms with Crippen LogP contribution in [-0.2, 0) is 4.74 Å². The van der Waals surface area contributed by atoms with Crippen molar-refractivity contribution >= 4 is 0 Å². The highest BCUT2D eigenvalue weighted by molar-refractivity contribution is 5.18. The smallest absolute Gasteiger partial charge is 0.109 e. The highest BCUT2D eigenvalue weighted by Crippen LogP contribution is 2.34. The van der Waals surface area contributed by atoms with Crippen LogP contribution in [-0.4, -0.2) is 22.8 Å². The molecule has 0 amide bonds. The van der Waals surface area contributed by atoms with Crippen LogP contribution in [0.3, 0.4) is 0 Å². The van der Waals surface area contributed by atoms with Gasteiger partial charge < -0.3 is 9.84 Å². The lowest BCUT2D eigenvalue weighted by Crippen LogP contribution is -2.37. The van der Waals surface area contributed by atoms with Crippen LogP contribution in [0.15, 0.2) is 18.3 Å². The van der Waals surface area contributed by atoms with Crippen molar-refractivity contribution < 1.29 is 9.84 Å². The summed E-state index contributed by atoms with van der Waals surface area (Å²) in [5.41, 5.74) is 1.26. The normalized spacial score (nSPS) is 13.8. The van der Waals surface area contributed by atoms with Crippen molar-refractivity contribution in [3.05, 3.63) is 29.6 Å². The lowest BCUT2D eigenvalue weighted by molar-refractivity contribution is -0.110. The molecule has 0 fully saturated rings. The maximum Gasteiger partial charge on any atom is 0.109 e. The number of rotatable bonds is 5. The summed E-state index contributed by atoms with van der Waals surface area (Å²) in [5, 5.41) is 10.4. The van der Waals surface area contributed by atoms with Gasteiger partial charge in [0.15, 0.2) is 0 Å². The Hall–Kier alpha value is -0.930. The van der Waals surface area contributed by atoms with Crippen LogP contribution >= 0.6 is 0 Å². The first kappa shape index (κ1) is 13.1. The Balaban J connectivity index is 2.98. The van der Waals surface area contributed by atoms with E-state index in [-0.39, 0.29) is 0 Å². The van der Waals surface area contributed by atoms with Gasteiger partial charge in [-0.15, -0.1) is 0 Å². The van der Waals surface area contributed by atoms with Gasteiger partial charge in [-0.25, -0.2) is 0 Å².